The molecule has 1 saturated heterocycles. The number of nitrogens with one attached hydrogen (secondary N) is 1. The highest BCUT2D eigenvalue weighted by atomic mass is 16.6. The van der Waals surface area contributed by atoms with Crippen LogP contribution >= 0.6 is 0 Å². The van der Waals surface area contributed by atoms with E-state index in [-0.39, 0.29) is 24.8 Å². The number of fused-ring (bicyclic) bond motifs is 1. The van der Waals surface area contributed by atoms with Crippen LogP contribution in [0, 0.1) is 11.8 Å². The third-order valence-corrected chi connectivity index (χ3v) is 6.17. The SMILES string of the molecule is CC(C)(C)OC(=O)N(CCCCCC#Cc1ccc2c(c1)CN(C1CCC(=O)NC1=O)C2=O)C(=O)OC(C)(C)C. The lowest BCUT2D eigenvalue weighted by atomic mass is 10.0. The van der Waals surface area contributed by atoms with Gasteiger partial charge in [0.05, 0.1) is 0 Å². The van der Waals surface area contributed by atoms with E-state index in [1.165, 1.54) is 4.90 Å². The molecular formula is C30H39N3O7. The lowest BCUT2D eigenvalue weighted by Crippen LogP contribution is -2.52. The Hall–Kier alpha value is -3.87. The third kappa shape index (κ3) is 8.57. The zero-order chi connectivity index (χ0) is 29.7. The maximum Gasteiger partial charge on any atom is 0.419 e. The molecule has 0 saturated carbocycles. The fourth-order valence-corrected chi connectivity index (χ4v) is 4.37. The van der Waals surface area contributed by atoms with E-state index < -0.39 is 35.3 Å². The van der Waals surface area contributed by atoms with Gasteiger partial charge in [0.2, 0.25) is 11.8 Å². The fourth-order valence-electron chi connectivity index (χ4n) is 4.37. The minimum Gasteiger partial charge on any atom is -0.443 e. The highest BCUT2D eigenvalue weighted by molar-refractivity contribution is 6.05. The van der Waals surface area contributed by atoms with Crippen LogP contribution in [0.4, 0.5) is 9.59 Å². The molecule has 5 amide bonds. The van der Waals surface area contributed by atoms with E-state index >= 15 is 0 Å². The Kier molecular flexibility index (Phi) is 9.61. The van der Waals surface area contributed by atoms with Gasteiger partial charge in [-0.2, -0.15) is 0 Å². The van der Waals surface area contributed by atoms with Crippen LogP contribution in [0.25, 0.3) is 0 Å². The second-order valence-electron chi connectivity index (χ2n) is 12.0. The summed E-state index contributed by atoms with van der Waals surface area (Å²) in [6.07, 6.45) is 1.80. The summed E-state index contributed by atoms with van der Waals surface area (Å²) in [4.78, 5) is 64.2. The molecule has 1 atom stereocenters. The molecule has 0 radical (unpaired) electrons. The Bertz CT molecular complexity index is 1200. The van der Waals surface area contributed by atoms with Gasteiger partial charge in [-0.05, 0) is 84.6 Å². The number of hydrogen-bond acceptors (Lipinski definition) is 7. The first kappa shape index (κ1) is 30.7. The van der Waals surface area contributed by atoms with Crippen molar-refractivity contribution in [2.24, 2.45) is 0 Å². The number of ether oxygens (including phenoxy) is 2. The summed E-state index contributed by atoms with van der Waals surface area (Å²) < 4.78 is 10.8. The predicted octanol–water partition coefficient (Wildman–Crippen LogP) is 4.53. The molecule has 3 rings (SSSR count). The van der Waals surface area contributed by atoms with Crippen LogP contribution < -0.4 is 5.32 Å². The topological polar surface area (TPSA) is 122 Å². The number of amides is 5. The Labute approximate surface area is 235 Å². The quantitative estimate of drug-likeness (QED) is 0.312. The highest BCUT2D eigenvalue weighted by Crippen LogP contribution is 2.28. The lowest BCUT2D eigenvalue weighted by Gasteiger charge is -2.29. The van der Waals surface area contributed by atoms with Gasteiger partial charge in [-0.3, -0.25) is 19.7 Å². The standard InChI is InChI=1S/C30H39N3O7/c1-29(2,3)39-27(37)32(28(38)40-30(4,5)6)17-11-9-7-8-10-12-20-13-14-22-21(18-20)19-33(26(22)36)23-15-16-24(34)31-25(23)35/h13-14,18,23H,7-9,11,15-17,19H2,1-6H3,(H,31,34,35). The molecule has 2 aliphatic heterocycles. The molecule has 0 aromatic heterocycles. The normalized spacial score (nSPS) is 17.0. The Morgan fingerprint density at radius 1 is 1.00 bits per heavy atom. The van der Waals surface area contributed by atoms with Crippen molar-refractivity contribution >= 4 is 29.9 Å². The lowest BCUT2D eigenvalue weighted by molar-refractivity contribution is -0.136. The van der Waals surface area contributed by atoms with Gasteiger partial charge >= 0.3 is 12.2 Å². The highest BCUT2D eigenvalue weighted by Gasteiger charge is 2.39. The van der Waals surface area contributed by atoms with Crippen molar-refractivity contribution in [3.05, 3.63) is 34.9 Å². The summed E-state index contributed by atoms with van der Waals surface area (Å²) >= 11 is 0. The number of nitrogens with zero attached hydrogens (tertiary/aromatic N) is 2. The molecule has 2 aliphatic rings. The number of carbonyl (C=O) groups is 5. The van der Waals surface area contributed by atoms with Crippen LogP contribution in [0.1, 0.15) is 102 Å². The molecule has 0 spiro atoms. The summed E-state index contributed by atoms with van der Waals surface area (Å²) in [6.45, 7) is 10.9. The Balaban J connectivity index is 1.50. The first-order valence-corrected chi connectivity index (χ1v) is 13.6. The van der Waals surface area contributed by atoms with Crippen molar-refractivity contribution in [1.82, 2.24) is 15.1 Å². The smallest absolute Gasteiger partial charge is 0.419 e. The van der Waals surface area contributed by atoms with E-state index in [2.05, 4.69) is 17.2 Å². The zero-order valence-electron chi connectivity index (χ0n) is 24.2. The zero-order valence-corrected chi connectivity index (χ0v) is 24.2. The van der Waals surface area contributed by atoms with E-state index in [9.17, 15) is 24.0 Å². The summed E-state index contributed by atoms with van der Waals surface area (Å²) in [5, 5.41) is 2.31. The number of imide groups is 2. The fraction of sp³-hybridized carbons (Fsp3) is 0.567. The van der Waals surface area contributed by atoms with E-state index in [0.717, 1.165) is 28.9 Å². The molecule has 1 aromatic carbocycles. The van der Waals surface area contributed by atoms with Crippen LogP contribution in [-0.2, 0) is 25.6 Å². The van der Waals surface area contributed by atoms with Gasteiger partial charge in [0.1, 0.15) is 17.2 Å². The average Bonchev–Trinajstić information content (AvgIpc) is 3.13. The molecule has 1 N–H and O–H groups in total. The van der Waals surface area contributed by atoms with Crippen molar-refractivity contribution in [2.45, 2.75) is 104 Å². The summed E-state index contributed by atoms with van der Waals surface area (Å²) in [5.74, 6) is 5.30. The van der Waals surface area contributed by atoms with Crippen LogP contribution in [0.2, 0.25) is 0 Å². The largest absolute Gasteiger partial charge is 0.443 e. The number of piperidine rings is 1. The van der Waals surface area contributed by atoms with Crippen LogP contribution in [0.5, 0.6) is 0 Å². The Morgan fingerprint density at radius 2 is 1.65 bits per heavy atom. The number of hydrogen-bond donors (Lipinski definition) is 1. The first-order valence-electron chi connectivity index (χ1n) is 13.6. The van der Waals surface area contributed by atoms with Crippen LogP contribution in [0.3, 0.4) is 0 Å². The van der Waals surface area contributed by atoms with Gasteiger partial charge in [-0.25, -0.2) is 14.5 Å². The number of rotatable bonds is 6. The van der Waals surface area contributed by atoms with Crippen molar-refractivity contribution in [3.8, 4) is 11.8 Å². The van der Waals surface area contributed by atoms with Gasteiger partial charge in [0.25, 0.3) is 5.91 Å². The maximum atomic E-state index is 12.8. The second kappa shape index (κ2) is 12.5. The molecule has 10 nitrogen and oxygen atoms in total. The van der Waals surface area contributed by atoms with Crippen molar-refractivity contribution in [1.29, 1.82) is 0 Å². The van der Waals surface area contributed by atoms with Crippen molar-refractivity contribution in [2.75, 3.05) is 6.54 Å². The molecular weight excluding hydrogens is 514 g/mol. The van der Waals surface area contributed by atoms with Crippen molar-refractivity contribution in [3.63, 3.8) is 0 Å². The average molecular weight is 554 g/mol. The first-order chi connectivity index (χ1) is 18.6. The number of benzene rings is 1. The molecule has 2 heterocycles. The van der Waals surface area contributed by atoms with Gasteiger partial charge in [0, 0.05) is 37.1 Å². The predicted molar refractivity (Wildman–Crippen MR) is 147 cm³/mol. The van der Waals surface area contributed by atoms with Gasteiger partial charge < -0.3 is 14.4 Å². The molecule has 10 heteroatoms. The second-order valence-corrected chi connectivity index (χ2v) is 12.0. The van der Waals surface area contributed by atoms with E-state index in [0.29, 0.717) is 31.4 Å². The maximum absolute atomic E-state index is 12.8. The molecule has 1 fully saturated rings. The number of carbonyl (C=O) groups excluding carboxylic acids is 5. The molecule has 216 valence electrons. The van der Waals surface area contributed by atoms with Crippen molar-refractivity contribution < 1.29 is 33.4 Å². The molecule has 0 bridgehead atoms. The van der Waals surface area contributed by atoms with Crippen LogP contribution in [-0.4, -0.2) is 63.5 Å². The van der Waals surface area contributed by atoms with Gasteiger partial charge in [-0.15, -0.1) is 0 Å². The minimum atomic E-state index is -0.735. The minimum absolute atomic E-state index is 0.180. The molecule has 0 aliphatic carbocycles. The Morgan fingerprint density at radius 3 is 2.25 bits per heavy atom. The summed E-state index contributed by atoms with van der Waals surface area (Å²) in [7, 11) is 0. The van der Waals surface area contributed by atoms with E-state index in [1.54, 1.807) is 53.7 Å². The summed E-state index contributed by atoms with van der Waals surface area (Å²) in [6, 6.07) is 4.74. The van der Waals surface area contributed by atoms with Gasteiger partial charge in [0.15, 0.2) is 0 Å². The van der Waals surface area contributed by atoms with E-state index in [1.807, 2.05) is 6.07 Å². The third-order valence-electron chi connectivity index (χ3n) is 6.17. The summed E-state index contributed by atoms with van der Waals surface area (Å²) in [5.41, 5.74) is 0.667. The molecule has 1 aromatic rings. The van der Waals surface area contributed by atoms with Gasteiger partial charge in [-0.1, -0.05) is 18.3 Å². The molecule has 40 heavy (non-hydrogen) atoms. The number of unbranched alkanes of at least 4 members (excludes halogenated alkanes) is 3. The molecule has 1 unspecified atom stereocenters. The van der Waals surface area contributed by atoms with Crippen LogP contribution in [0.15, 0.2) is 18.2 Å². The monoisotopic (exact) mass is 553 g/mol. The van der Waals surface area contributed by atoms with E-state index in [4.69, 9.17) is 9.47 Å².